The van der Waals surface area contributed by atoms with Crippen LogP contribution in [0.4, 0.5) is 5.69 Å². The van der Waals surface area contributed by atoms with E-state index in [4.69, 9.17) is 20.8 Å². The number of rotatable bonds is 5. The Labute approximate surface area is 163 Å². The average molecular weight is 391 g/mol. The number of anilines is 1. The van der Waals surface area contributed by atoms with E-state index in [1.54, 1.807) is 29.2 Å². The third-order valence-corrected chi connectivity index (χ3v) is 4.78. The van der Waals surface area contributed by atoms with Crippen LogP contribution in [-0.2, 0) is 4.79 Å². The Morgan fingerprint density at radius 3 is 2.59 bits per heavy atom. The first-order chi connectivity index (χ1) is 12.9. The van der Waals surface area contributed by atoms with Crippen LogP contribution in [0.15, 0.2) is 41.2 Å². The first-order valence-electron chi connectivity index (χ1n) is 9.02. The van der Waals surface area contributed by atoms with Crippen molar-refractivity contribution < 1.29 is 18.7 Å². The molecule has 1 aromatic heterocycles. The maximum absolute atomic E-state index is 12.5. The fourth-order valence-corrected chi connectivity index (χ4v) is 3.31. The van der Waals surface area contributed by atoms with Crippen LogP contribution >= 0.6 is 11.6 Å². The van der Waals surface area contributed by atoms with Crippen molar-refractivity contribution in [2.24, 2.45) is 5.92 Å². The summed E-state index contributed by atoms with van der Waals surface area (Å²) in [4.78, 5) is 26.6. The van der Waals surface area contributed by atoms with Gasteiger partial charge in [-0.3, -0.25) is 9.59 Å². The monoisotopic (exact) mass is 390 g/mol. The number of piperidine rings is 1. The molecule has 2 heterocycles. The highest BCUT2D eigenvalue weighted by Crippen LogP contribution is 2.29. The van der Waals surface area contributed by atoms with Crippen molar-refractivity contribution in [3.63, 3.8) is 0 Å². The van der Waals surface area contributed by atoms with Gasteiger partial charge in [-0.05, 0) is 51.0 Å². The van der Waals surface area contributed by atoms with Crippen molar-refractivity contribution in [2.45, 2.75) is 32.8 Å². The smallest absolute Gasteiger partial charge is 0.257 e. The van der Waals surface area contributed by atoms with E-state index in [1.807, 2.05) is 13.8 Å². The number of hydrogen-bond acceptors (Lipinski definition) is 4. The summed E-state index contributed by atoms with van der Waals surface area (Å²) in [5.41, 5.74) is 1.18. The van der Waals surface area contributed by atoms with Crippen molar-refractivity contribution in [1.82, 2.24) is 4.90 Å². The van der Waals surface area contributed by atoms with Crippen LogP contribution in [0.1, 0.15) is 37.0 Å². The van der Waals surface area contributed by atoms with Crippen molar-refractivity contribution in [2.75, 3.05) is 18.4 Å². The summed E-state index contributed by atoms with van der Waals surface area (Å²) < 4.78 is 10.6. The van der Waals surface area contributed by atoms with Crippen LogP contribution in [0.5, 0.6) is 5.75 Å². The molecule has 3 rings (SSSR count). The Morgan fingerprint density at radius 2 is 2.00 bits per heavy atom. The molecule has 1 aromatic carbocycles. The number of nitrogens with one attached hydrogen (secondary N) is 1. The molecule has 1 fully saturated rings. The van der Waals surface area contributed by atoms with E-state index in [0.717, 1.165) is 0 Å². The van der Waals surface area contributed by atoms with Gasteiger partial charge < -0.3 is 19.4 Å². The molecule has 144 valence electrons. The second-order valence-electron chi connectivity index (χ2n) is 6.88. The minimum atomic E-state index is -0.135. The SMILES string of the molecule is CC(C)Oc1ccc(NC(=O)C2CCN(C(=O)c3ccoc3)CC2)cc1Cl. The molecular weight excluding hydrogens is 368 g/mol. The van der Waals surface area contributed by atoms with Gasteiger partial charge in [-0.25, -0.2) is 0 Å². The molecule has 2 amide bonds. The van der Waals surface area contributed by atoms with E-state index in [-0.39, 0.29) is 23.8 Å². The van der Waals surface area contributed by atoms with Crippen LogP contribution in [0.3, 0.4) is 0 Å². The van der Waals surface area contributed by atoms with E-state index >= 15 is 0 Å². The normalized spacial score (nSPS) is 15.0. The van der Waals surface area contributed by atoms with E-state index < -0.39 is 0 Å². The standard InChI is InChI=1S/C20H23ClN2O4/c1-13(2)27-18-4-3-16(11-17(18)21)22-19(24)14-5-8-23(9-6-14)20(25)15-7-10-26-12-15/h3-4,7,10-14H,5-6,8-9H2,1-2H3,(H,22,24). The Morgan fingerprint density at radius 1 is 1.26 bits per heavy atom. The number of hydrogen-bond donors (Lipinski definition) is 1. The number of halogens is 1. The lowest BCUT2D eigenvalue weighted by atomic mass is 9.95. The molecule has 0 bridgehead atoms. The Balaban J connectivity index is 1.54. The number of carbonyl (C=O) groups excluding carboxylic acids is 2. The molecule has 2 aromatic rings. The molecule has 0 spiro atoms. The molecule has 7 heteroatoms. The van der Waals surface area contributed by atoms with Crippen LogP contribution in [0.2, 0.25) is 5.02 Å². The molecule has 0 aliphatic carbocycles. The van der Waals surface area contributed by atoms with Gasteiger partial charge in [0.05, 0.1) is 23.0 Å². The molecule has 6 nitrogen and oxygen atoms in total. The lowest BCUT2D eigenvalue weighted by Gasteiger charge is -2.31. The lowest BCUT2D eigenvalue weighted by molar-refractivity contribution is -0.121. The average Bonchev–Trinajstić information content (AvgIpc) is 3.18. The number of furan rings is 1. The number of nitrogens with zero attached hydrogens (tertiary/aromatic N) is 1. The number of amides is 2. The predicted octanol–water partition coefficient (Wildman–Crippen LogP) is 4.21. The zero-order valence-corrected chi connectivity index (χ0v) is 16.2. The number of ether oxygens (including phenoxy) is 1. The Bertz CT molecular complexity index is 796. The predicted molar refractivity (Wildman–Crippen MR) is 103 cm³/mol. The highest BCUT2D eigenvalue weighted by atomic mass is 35.5. The zero-order valence-electron chi connectivity index (χ0n) is 15.4. The van der Waals surface area contributed by atoms with Gasteiger partial charge in [-0.2, -0.15) is 0 Å². The Hall–Kier alpha value is -2.47. The van der Waals surface area contributed by atoms with E-state index in [9.17, 15) is 9.59 Å². The minimum absolute atomic E-state index is 0.0258. The maximum Gasteiger partial charge on any atom is 0.257 e. The van der Waals surface area contributed by atoms with Gasteiger partial charge in [-0.1, -0.05) is 11.6 Å². The first kappa shape index (κ1) is 19.3. The van der Waals surface area contributed by atoms with Crippen LogP contribution in [0, 0.1) is 5.92 Å². The van der Waals surface area contributed by atoms with Crippen LogP contribution < -0.4 is 10.1 Å². The maximum atomic E-state index is 12.5. The molecular formula is C20H23ClN2O4. The van der Waals surface area contributed by atoms with Crippen LogP contribution in [-0.4, -0.2) is 35.9 Å². The second kappa shape index (κ2) is 8.48. The van der Waals surface area contributed by atoms with Gasteiger partial charge in [0.15, 0.2) is 0 Å². The largest absolute Gasteiger partial charge is 0.489 e. The fraction of sp³-hybridized carbons (Fsp3) is 0.400. The Kier molecular flexibility index (Phi) is 6.06. The molecule has 0 atom stereocenters. The van der Waals surface area contributed by atoms with Crippen molar-refractivity contribution in [3.05, 3.63) is 47.4 Å². The highest BCUT2D eigenvalue weighted by molar-refractivity contribution is 6.32. The van der Waals surface area contributed by atoms with Gasteiger partial charge in [0.1, 0.15) is 12.0 Å². The van der Waals surface area contributed by atoms with Gasteiger partial charge in [0, 0.05) is 24.7 Å². The fourth-order valence-electron chi connectivity index (χ4n) is 3.09. The molecule has 0 radical (unpaired) electrons. The number of likely N-dealkylation sites (tertiary alicyclic amines) is 1. The zero-order chi connectivity index (χ0) is 19.4. The molecule has 27 heavy (non-hydrogen) atoms. The second-order valence-corrected chi connectivity index (χ2v) is 7.29. The van der Waals surface area contributed by atoms with Gasteiger partial charge in [-0.15, -0.1) is 0 Å². The van der Waals surface area contributed by atoms with Gasteiger partial charge >= 0.3 is 0 Å². The summed E-state index contributed by atoms with van der Waals surface area (Å²) in [5.74, 6) is 0.341. The summed E-state index contributed by atoms with van der Waals surface area (Å²) in [6.07, 6.45) is 4.20. The highest BCUT2D eigenvalue weighted by Gasteiger charge is 2.28. The topological polar surface area (TPSA) is 71.8 Å². The molecule has 1 saturated heterocycles. The van der Waals surface area contributed by atoms with Crippen molar-refractivity contribution >= 4 is 29.1 Å². The van der Waals surface area contributed by atoms with Crippen LogP contribution in [0.25, 0.3) is 0 Å². The van der Waals surface area contributed by atoms with E-state index in [1.165, 1.54) is 12.5 Å². The van der Waals surface area contributed by atoms with Gasteiger partial charge in [0.25, 0.3) is 5.91 Å². The van der Waals surface area contributed by atoms with E-state index in [0.29, 0.717) is 48.0 Å². The summed E-state index contributed by atoms with van der Waals surface area (Å²) in [6, 6.07) is 6.87. The van der Waals surface area contributed by atoms with Crippen molar-refractivity contribution in [3.8, 4) is 5.75 Å². The number of benzene rings is 1. The van der Waals surface area contributed by atoms with Gasteiger partial charge in [0.2, 0.25) is 5.91 Å². The lowest BCUT2D eigenvalue weighted by Crippen LogP contribution is -2.41. The van der Waals surface area contributed by atoms with E-state index in [2.05, 4.69) is 5.32 Å². The summed E-state index contributed by atoms with van der Waals surface area (Å²) >= 11 is 6.22. The summed E-state index contributed by atoms with van der Waals surface area (Å²) in [5, 5.41) is 3.37. The minimum Gasteiger partial charge on any atom is -0.489 e. The summed E-state index contributed by atoms with van der Waals surface area (Å²) in [7, 11) is 0. The molecule has 1 aliphatic rings. The first-order valence-corrected chi connectivity index (χ1v) is 9.40. The van der Waals surface area contributed by atoms with Crippen molar-refractivity contribution in [1.29, 1.82) is 0 Å². The number of carbonyl (C=O) groups is 2. The third-order valence-electron chi connectivity index (χ3n) is 4.48. The summed E-state index contributed by atoms with van der Waals surface area (Å²) in [6.45, 7) is 4.94. The molecule has 1 aliphatic heterocycles. The third kappa shape index (κ3) is 4.83. The molecule has 0 unspecified atom stereocenters. The quantitative estimate of drug-likeness (QED) is 0.830. The molecule has 0 saturated carbocycles. The molecule has 1 N–H and O–H groups in total.